The van der Waals surface area contributed by atoms with E-state index in [1.165, 1.54) is 11.3 Å². The second-order valence-electron chi connectivity index (χ2n) is 4.90. The fourth-order valence-corrected chi connectivity index (χ4v) is 2.83. The number of carbonyl (C=O) groups excluding carboxylic acids is 1. The minimum absolute atomic E-state index is 0.0408. The zero-order valence-corrected chi connectivity index (χ0v) is 13.8. The highest BCUT2D eigenvalue weighted by Crippen LogP contribution is 2.29. The third-order valence-electron chi connectivity index (χ3n) is 3.03. The first-order chi connectivity index (χ1) is 11.0. The highest BCUT2D eigenvalue weighted by Gasteiger charge is 2.10. The lowest BCUT2D eigenvalue weighted by molar-refractivity contribution is -0.137. The summed E-state index contributed by atoms with van der Waals surface area (Å²) in [7, 11) is 0. The van der Waals surface area contributed by atoms with Gasteiger partial charge in [0.1, 0.15) is 5.01 Å². The molecule has 23 heavy (non-hydrogen) atoms. The normalized spacial score (nSPS) is 10.5. The molecular formula is C15H16ClN3O3S. The average molecular weight is 354 g/mol. The van der Waals surface area contributed by atoms with Crippen LogP contribution in [0.25, 0.3) is 10.6 Å². The number of anilines is 1. The van der Waals surface area contributed by atoms with E-state index >= 15 is 0 Å². The smallest absolute Gasteiger partial charge is 0.303 e. The van der Waals surface area contributed by atoms with Crippen molar-refractivity contribution in [2.45, 2.75) is 19.3 Å². The summed E-state index contributed by atoms with van der Waals surface area (Å²) in [6.45, 7) is 0.343. The fourth-order valence-electron chi connectivity index (χ4n) is 1.89. The van der Waals surface area contributed by atoms with Gasteiger partial charge in [0.05, 0.1) is 22.8 Å². The number of aliphatic carboxylic acids is 1. The monoisotopic (exact) mass is 353 g/mol. The van der Waals surface area contributed by atoms with Crippen molar-refractivity contribution in [2.24, 2.45) is 0 Å². The van der Waals surface area contributed by atoms with E-state index in [4.69, 9.17) is 22.4 Å². The number of thiazole rings is 1. The number of nitrogens with two attached hydrogens (primary N) is 1. The van der Waals surface area contributed by atoms with Crippen molar-refractivity contribution in [2.75, 3.05) is 12.3 Å². The lowest BCUT2D eigenvalue weighted by Crippen LogP contribution is -2.26. The summed E-state index contributed by atoms with van der Waals surface area (Å²) in [6.07, 6.45) is 0.610. The highest BCUT2D eigenvalue weighted by molar-refractivity contribution is 7.13. The minimum Gasteiger partial charge on any atom is -0.481 e. The van der Waals surface area contributed by atoms with Crippen LogP contribution in [0, 0.1) is 0 Å². The van der Waals surface area contributed by atoms with Crippen LogP contribution in [0.3, 0.4) is 0 Å². The molecular weight excluding hydrogens is 338 g/mol. The second kappa shape index (κ2) is 7.94. The maximum Gasteiger partial charge on any atom is 0.303 e. The molecule has 0 fully saturated rings. The Hall–Kier alpha value is -2.12. The van der Waals surface area contributed by atoms with Crippen molar-refractivity contribution in [3.05, 3.63) is 34.3 Å². The predicted octanol–water partition coefficient (Wildman–Crippen LogP) is 2.57. The predicted molar refractivity (Wildman–Crippen MR) is 90.6 cm³/mol. The third kappa shape index (κ3) is 5.22. The van der Waals surface area contributed by atoms with Gasteiger partial charge in [0.2, 0.25) is 5.91 Å². The molecule has 0 saturated heterocycles. The van der Waals surface area contributed by atoms with Crippen molar-refractivity contribution in [3.8, 4) is 10.6 Å². The van der Waals surface area contributed by atoms with Crippen LogP contribution >= 0.6 is 22.9 Å². The molecule has 0 aliphatic carbocycles. The Morgan fingerprint density at radius 3 is 2.87 bits per heavy atom. The third-order valence-corrected chi connectivity index (χ3v) is 4.31. The Kier molecular flexibility index (Phi) is 5.95. The zero-order valence-electron chi connectivity index (χ0n) is 12.2. The molecule has 0 bridgehead atoms. The molecule has 6 nitrogen and oxygen atoms in total. The molecule has 1 heterocycles. The summed E-state index contributed by atoms with van der Waals surface area (Å²) in [5.41, 5.74) is 7.77. The first kappa shape index (κ1) is 17.2. The quantitative estimate of drug-likeness (QED) is 0.524. The molecule has 1 amide bonds. The van der Waals surface area contributed by atoms with E-state index in [1.54, 1.807) is 12.1 Å². The summed E-state index contributed by atoms with van der Waals surface area (Å²) < 4.78 is 0. The van der Waals surface area contributed by atoms with Gasteiger partial charge in [0.15, 0.2) is 0 Å². The Morgan fingerprint density at radius 2 is 2.17 bits per heavy atom. The van der Waals surface area contributed by atoms with Gasteiger partial charge >= 0.3 is 5.97 Å². The number of carboxylic acid groups (broad SMARTS) is 1. The zero-order chi connectivity index (χ0) is 16.8. The van der Waals surface area contributed by atoms with Crippen LogP contribution in [-0.4, -0.2) is 28.5 Å². The summed E-state index contributed by atoms with van der Waals surface area (Å²) in [6, 6.07) is 5.28. The van der Waals surface area contributed by atoms with E-state index in [9.17, 15) is 9.59 Å². The molecule has 0 unspecified atom stereocenters. The Morgan fingerprint density at radius 1 is 1.39 bits per heavy atom. The van der Waals surface area contributed by atoms with Crippen molar-refractivity contribution >= 4 is 40.5 Å². The molecule has 0 spiro atoms. The maximum absolute atomic E-state index is 11.8. The maximum atomic E-state index is 11.8. The van der Waals surface area contributed by atoms with Gasteiger partial charge in [-0.2, -0.15) is 0 Å². The van der Waals surface area contributed by atoms with Gasteiger partial charge in [0.25, 0.3) is 0 Å². The average Bonchev–Trinajstić information content (AvgIpc) is 2.95. The number of rotatable bonds is 7. The number of carbonyl (C=O) groups is 2. The Bertz CT molecular complexity index is 718. The first-order valence-electron chi connectivity index (χ1n) is 6.94. The Balaban J connectivity index is 1.90. The molecule has 2 aromatic rings. The van der Waals surface area contributed by atoms with E-state index in [0.29, 0.717) is 29.4 Å². The number of nitrogens with one attached hydrogen (secondary N) is 1. The van der Waals surface area contributed by atoms with Crippen molar-refractivity contribution < 1.29 is 14.7 Å². The molecule has 0 atom stereocenters. The number of nitrogens with zero attached hydrogens (tertiary/aromatic N) is 1. The topological polar surface area (TPSA) is 105 Å². The minimum atomic E-state index is -0.870. The number of hydrogen-bond acceptors (Lipinski definition) is 5. The number of aromatic nitrogens is 1. The van der Waals surface area contributed by atoms with E-state index in [0.717, 1.165) is 10.6 Å². The van der Waals surface area contributed by atoms with Gasteiger partial charge in [-0.15, -0.1) is 11.3 Å². The van der Waals surface area contributed by atoms with E-state index in [-0.39, 0.29) is 18.7 Å². The number of nitrogen functional groups attached to an aromatic ring is 1. The summed E-state index contributed by atoms with van der Waals surface area (Å²) in [5.74, 6) is -1.05. The molecule has 0 saturated carbocycles. The van der Waals surface area contributed by atoms with Gasteiger partial charge in [-0.25, -0.2) is 4.98 Å². The number of carboxylic acids is 1. The highest BCUT2D eigenvalue weighted by atomic mass is 35.5. The first-order valence-corrected chi connectivity index (χ1v) is 8.20. The summed E-state index contributed by atoms with van der Waals surface area (Å²) in [5, 5.41) is 14.3. The molecule has 2 rings (SSSR count). The second-order valence-corrected chi connectivity index (χ2v) is 6.17. The van der Waals surface area contributed by atoms with Gasteiger partial charge in [0, 0.05) is 23.9 Å². The lowest BCUT2D eigenvalue weighted by Gasteiger charge is -2.02. The largest absolute Gasteiger partial charge is 0.481 e. The molecule has 0 aliphatic heterocycles. The lowest BCUT2D eigenvalue weighted by atomic mass is 10.2. The molecule has 0 aliphatic rings. The SMILES string of the molecule is Nc1cc(-c2nc(CC(=O)NCCCC(=O)O)cs2)ccc1Cl. The fraction of sp³-hybridized carbons (Fsp3) is 0.267. The van der Waals surface area contributed by atoms with E-state index < -0.39 is 5.97 Å². The molecule has 1 aromatic carbocycles. The van der Waals surface area contributed by atoms with Crippen molar-refractivity contribution in [3.63, 3.8) is 0 Å². The molecule has 0 radical (unpaired) electrons. The number of amides is 1. The van der Waals surface area contributed by atoms with Crippen LogP contribution in [0.2, 0.25) is 5.02 Å². The summed E-state index contributed by atoms with van der Waals surface area (Å²) in [4.78, 5) is 26.6. The van der Waals surface area contributed by atoms with Crippen LogP contribution in [0.5, 0.6) is 0 Å². The molecule has 4 N–H and O–H groups in total. The van der Waals surface area contributed by atoms with Gasteiger partial charge in [-0.3, -0.25) is 9.59 Å². The van der Waals surface area contributed by atoms with Crippen molar-refractivity contribution in [1.82, 2.24) is 10.3 Å². The van der Waals surface area contributed by atoms with Crippen LogP contribution in [0.15, 0.2) is 23.6 Å². The number of benzene rings is 1. The summed E-state index contributed by atoms with van der Waals surface area (Å²) >= 11 is 7.31. The van der Waals surface area contributed by atoms with Crippen LogP contribution in [0.4, 0.5) is 5.69 Å². The van der Waals surface area contributed by atoms with Gasteiger partial charge in [-0.05, 0) is 18.6 Å². The molecule has 8 heteroatoms. The van der Waals surface area contributed by atoms with Crippen LogP contribution in [0.1, 0.15) is 18.5 Å². The van der Waals surface area contributed by atoms with E-state index in [2.05, 4.69) is 10.3 Å². The van der Waals surface area contributed by atoms with Gasteiger partial charge < -0.3 is 16.2 Å². The van der Waals surface area contributed by atoms with Crippen LogP contribution < -0.4 is 11.1 Å². The number of halogens is 1. The molecule has 122 valence electrons. The standard InChI is InChI=1S/C15H16ClN3O3S/c16-11-4-3-9(6-12(11)17)15-19-10(8-23-15)7-13(20)18-5-1-2-14(21)22/h3-4,6,8H,1-2,5,7,17H2,(H,18,20)(H,21,22). The molecule has 1 aromatic heterocycles. The van der Waals surface area contributed by atoms with E-state index in [1.807, 2.05) is 11.4 Å². The van der Waals surface area contributed by atoms with Crippen molar-refractivity contribution in [1.29, 1.82) is 0 Å². The number of hydrogen-bond donors (Lipinski definition) is 3. The van der Waals surface area contributed by atoms with Crippen LogP contribution in [-0.2, 0) is 16.0 Å². The Labute approximate surface area is 142 Å². The van der Waals surface area contributed by atoms with Gasteiger partial charge in [-0.1, -0.05) is 17.7 Å².